The number of halogens is 1. The van der Waals surface area contributed by atoms with E-state index in [2.05, 4.69) is 31.2 Å². The summed E-state index contributed by atoms with van der Waals surface area (Å²) in [5, 5.41) is 3.26. The van der Waals surface area contributed by atoms with Crippen molar-refractivity contribution in [3.63, 3.8) is 0 Å². The predicted octanol–water partition coefficient (Wildman–Crippen LogP) is 2.49. The second-order valence-electron chi connectivity index (χ2n) is 3.58. The molecule has 0 saturated heterocycles. The van der Waals surface area contributed by atoms with Crippen LogP contribution in [0, 0.1) is 0 Å². The standard InChI is InChI=1S/C12H11BrN4S/c13-9-2-1-3-10(11(9)12(14)18)16-6-8-4-5-15-7-17-8/h1-5,7,16H,6H2,(H2,14,18). The summed E-state index contributed by atoms with van der Waals surface area (Å²) in [7, 11) is 0. The number of hydrogen-bond donors (Lipinski definition) is 2. The van der Waals surface area contributed by atoms with Crippen LogP contribution >= 0.6 is 28.1 Å². The summed E-state index contributed by atoms with van der Waals surface area (Å²) in [5.74, 6) is 0. The van der Waals surface area contributed by atoms with Gasteiger partial charge in [0.1, 0.15) is 11.3 Å². The van der Waals surface area contributed by atoms with Crippen LogP contribution < -0.4 is 11.1 Å². The maximum absolute atomic E-state index is 5.72. The molecule has 1 aromatic carbocycles. The molecule has 1 heterocycles. The zero-order valence-corrected chi connectivity index (χ0v) is 11.8. The molecule has 0 aliphatic carbocycles. The molecule has 0 saturated carbocycles. The van der Waals surface area contributed by atoms with Crippen LogP contribution in [0.4, 0.5) is 5.69 Å². The lowest BCUT2D eigenvalue weighted by atomic mass is 10.1. The van der Waals surface area contributed by atoms with Crippen molar-refractivity contribution in [3.05, 3.63) is 52.5 Å². The molecule has 0 aliphatic rings. The Kier molecular flexibility index (Phi) is 4.22. The number of thiocarbonyl (C=S) groups is 1. The molecule has 0 aliphatic heterocycles. The van der Waals surface area contributed by atoms with Gasteiger partial charge in [-0.3, -0.25) is 0 Å². The van der Waals surface area contributed by atoms with E-state index in [-0.39, 0.29) is 0 Å². The minimum absolute atomic E-state index is 0.354. The summed E-state index contributed by atoms with van der Waals surface area (Å²) in [5.41, 5.74) is 8.31. The molecule has 0 bridgehead atoms. The summed E-state index contributed by atoms with van der Waals surface area (Å²) in [6.45, 7) is 0.592. The van der Waals surface area contributed by atoms with Crippen molar-refractivity contribution in [1.82, 2.24) is 9.97 Å². The average molecular weight is 323 g/mol. The van der Waals surface area contributed by atoms with E-state index < -0.39 is 0 Å². The van der Waals surface area contributed by atoms with Crippen molar-refractivity contribution in [1.29, 1.82) is 0 Å². The Morgan fingerprint density at radius 1 is 1.39 bits per heavy atom. The topological polar surface area (TPSA) is 63.8 Å². The number of anilines is 1. The lowest BCUT2D eigenvalue weighted by Crippen LogP contribution is -2.14. The van der Waals surface area contributed by atoms with Gasteiger partial charge < -0.3 is 11.1 Å². The van der Waals surface area contributed by atoms with Crippen LogP contribution in [0.2, 0.25) is 0 Å². The number of hydrogen-bond acceptors (Lipinski definition) is 4. The summed E-state index contributed by atoms with van der Waals surface area (Å²) in [6, 6.07) is 7.62. The zero-order valence-electron chi connectivity index (χ0n) is 9.43. The molecule has 18 heavy (non-hydrogen) atoms. The Balaban J connectivity index is 2.20. The van der Waals surface area contributed by atoms with E-state index in [0.29, 0.717) is 11.5 Å². The van der Waals surface area contributed by atoms with Crippen LogP contribution in [0.25, 0.3) is 0 Å². The molecule has 1 aromatic heterocycles. The Hall–Kier alpha value is -1.53. The van der Waals surface area contributed by atoms with Gasteiger partial charge in [-0.05, 0) is 34.1 Å². The second-order valence-corrected chi connectivity index (χ2v) is 4.88. The van der Waals surface area contributed by atoms with Crippen LogP contribution in [0.5, 0.6) is 0 Å². The van der Waals surface area contributed by atoms with Crippen molar-refractivity contribution < 1.29 is 0 Å². The van der Waals surface area contributed by atoms with E-state index in [0.717, 1.165) is 21.4 Å². The van der Waals surface area contributed by atoms with E-state index in [1.807, 2.05) is 24.3 Å². The Morgan fingerprint density at radius 3 is 2.89 bits per heavy atom. The molecule has 2 aromatic rings. The van der Waals surface area contributed by atoms with Gasteiger partial charge >= 0.3 is 0 Å². The largest absolute Gasteiger partial charge is 0.389 e. The lowest BCUT2D eigenvalue weighted by molar-refractivity contribution is 1.01. The van der Waals surface area contributed by atoms with Crippen molar-refractivity contribution in [2.24, 2.45) is 5.73 Å². The minimum atomic E-state index is 0.354. The first-order valence-electron chi connectivity index (χ1n) is 5.25. The fourth-order valence-electron chi connectivity index (χ4n) is 1.53. The fraction of sp³-hybridized carbons (Fsp3) is 0.0833. The van der Waals surface area contributed by atoms with Crippen LogP contribution in [-0.4, -0.2) is 15.0 Å². The van der Waals surface area contributed by atoms with Gasteiger partial charge in [0.2, 0.25) is 0 Å². The molecular weight excluding hydrogens is 312 g/mol. The number of benzene rings is 1. The lowest BCUT2D eigenvalue weighted by Gasteiger charge is -2.12. The third-order valence-electron chi connectivity index (χ3n) is 2.36. The number of aromatic nitrogens is 2. The highest BCUT2D eigenvalue weighted by Crippen LogP contribution is 2.24. The van der Waals surface area contributed by atoms with Crippen molar-refractivity contribution in [2.75, 3.05) is 5.32 Å². The summed E-state index contributed by atoms with van der Waals surface area (Å²) in [4.78, 5) is 8.37. The normalized spacial score (nSPS) is 10.1. The van der Waals surface area contributed by atoms with Crippen molar-refractivity contribution in [3.8, 4) is 0 Å². The molecular formula is C12H11BrN4S. The first-order chi connectivity index (χ1) is 8.68. The first kappa shape index (κ1) is 12.9. The molecule has 0 fully saturated rings. The fourth-order valence-corrected chi connectivity index (χ4v) is 2.46. The van der Waals surface area contributed by atoms with Crippen molar-refractivity contribution in [2.45, 2.75) is 6.54 Å². The highest BCUT2D eigenvalue weighted by molar-refractivity contribution is 9.10. The molecule has 4 nitrogen and oxygen atoms in total. The van der Waals surface area contributed by atoms with Crippen LogP contribution in [0.3, 0.4) is 0 Å². The number of rotatable bonds is 4. The van der Waals surface area contributed by atoms with Gasteiger partial charge in [0, 0.05) is 21.9 Å². The third-order valence-corrected chi connectivity index (χ3v) is 3.23. The van der Waals surface area contributed by atoms with Gasteiger partial charge in [-0.2, -0.15) is 0 Å². The van der Waals surface area contributed by atoms with Gasteiger partial charge in [-0.25, -0.2) is 9.97 Å². The van der Waals surface area contributed by atoms with Gasteiger partial charge in [0.25, 0.3) is 0 Å². The molecule has 2 rings (SSSR count). The Labute approximate surface area is 119 Å². The maximum Gasteiger partial charge on any atom is 0.115 e. The maximum atomic E-state index is 5.72. The predicted molar refractivity (Wildman–Crippen MR) is 79.4 cm³/mol. The highest BCUT2D eigenvalue weighted by atomic mass is 79.9. The highest BCUT2D eigenvalue weighted by Gasteiger charge is 2.08. The molecule has 0 atom stereocenters. The number of nitrogens with zero attached hydrogens (tertiary/aromatic N) is 2. The average Bonchev–Trinajstić information content (AvgIpc) is 2.37. The van der Waals surface area contributed by atoms with E-state index in [1.54, 1.807) is 6.20 Å². The second kappa shape index (κ2) is 5.88. The van der Waals surface area contributed by atoms with E-state index in [9.17, 15) is 0 Å². The molecule has 0 spiro atoms. The molecule has 92 valence electrons. The minimum Gasteiger partial charge on any atom is -0.389 e. The monoisotopic (exact) mass is 322 g/mol. The molecule has 0 radical (unpaired) electrons. The zero-order chi connectivity index (χ0) is 13.0. The van der Waals surface area contributed by atoms with Gasteiger partial charge in [-0.1, -0.05) is 18.3 Å². The molecule has 0 unspecified atom stereocenters. The summed E-state index contributed by atoms with van der Waals surface area (Å²) in [6.07, 6.45) is 3.23. The van der Waals surface area contributed by atoms with Crippen LogP contribution in [0.1, 0.15) is 11.3 Å². The van der Waals surface area contributed by atoms with E-state index in [1.165, 1.54) is 6.33 Å². The van der Waals surface area contributed by atoms with Gasteiger partial charge in [-0.15, -0.1) is 0 Å². The molecule has 6 heteroatoms. The van der Waals surface area contributed by atoms with Gasteiger partial charge in [0.15, 0.2) is 0 Å². The smallest absolute Gasteiger partial charge is 0.115 e. The SMILES string of the molecule is NC(=S)c1c(Br)cccc1NCc1ccncn1. The number of nitrogens with one attached hydrogen (secondary N) is 1. The number of nitrogens with two attached hydrogens (primary N) is 1. The third kappa shape index (κ3) is 3.02. The Morgan fingerprint density at radius 2 is 2.22 bits per heavy atom. The van der Waals surface area contributed by atoms with E-state index >= 15 is 0 Å². The molecule has 0 amide bonds. The molecule has 3 N–H and O–H groups in total. The quantitative estimate of drug-likeness (QED) is 0.847. The van der Waals surface area contributed by atoms with Crippen LogP contribution in [0.15, 0.2) is 41.3 Å². The van der Waals surface area contributed by atoms with Crippen LogP contribution in [-0.2, 0) is 6.54 Å². The summed E-state index contributed by atoms with van der Waals surface area (Å²) >= 11 is 8.49. The van der Waals surface area contributed by atoms with E-state index in [4.69, 9.17) is 18.0 Å². The summed E-state index contributed by atoms with van der Waals surface area (Å²) < 4.78 is 0.877. The van der Waals surface area contributed by atoms with Crippen molar-refractivity contribution >= 4 is 38.8 Å². The first-order valence-corrected chi connectivity index (χ1v) is 6.45. The van der Waals surface area contributed by atoms with Gasteiger partial charge in [0.05, 0.1) is 12.2 Å². The Bertz CT molecular complexity index is 559.